The maximum atomic E-state index is 11.2. The van der Waals surface area contributed by atoms with Crippen LogP contribution < -0.4 is 0 Å². The Morgan fingerprint density at radius 1 is 1.65 bits per heavy atom. The van der Waals surface area contributed by atoms with Crippen molar-refractivity contribution in [1.29, 1.82) is 0 Å². The van der Waals surface area contributed by atoms with Crippen molar-refractivity contribution in [1.82, 2.24) is 0 Å². The Morgan fingerprint density at radius 3 is 2.75 bits per heavy atom. The van der Waals surface area contributed by atoms with Gasteiger partial charge in [0, 0.05) is 11.8 Å². The number of allylic oxidation sites excluding steroid dienone is 2. The number of halogens is 1. The minimum Gasteiger partial charge on any atom is -0.455 e. The Labute approximate surface area is 131 Å². The maximum Gasteiger partial charge on any atom is 0.303 e. The normalized spacial score (nSPS) is 28.2. The summed E-state index contributed by atoms with van der Waals surface area (Å²) in [6.45, 7) is 14.0. The zero-order valence-electron chi connectivity index (χ0n) is 13.3. The predicted molar refractivity (Wildman–Crippen MR) is 88.0 cm³/mol. The summed E-state index contributed by atoms with van der Waals surface area (Å²) >= 11 is 3.81. The van der Waals surface area contributed by atoms with Crippen LogP contribution in [0.5, 0.6) is 0 Å². The molecule has 1 aliphatic carbocycles. The largest absolute Gasteiger partial charge is 0.455 e. The molecule has 0 heterocycles. The number of alkyl halides is 1. The molecule has 0 saturated carbocycles. The molecule has 1 aliphatic rings. The number of esters is 1. The van der Waals surface area contributed by atoms with Crippen LogP contribution in [-0.4, -0.2) is 16.4 Å². The molecule has 3 heteroatoms. The summed E-state index contributed by atoms with van der Waals surface area (Å²) in [5.41, 5.74) is 1.08. The van der Waals surface area contributed by atoms with Crippen molar-refractivity contribution in [3.8, 4) is 0 Å². The third-order valence-electron chi connectivity index (χ3n) is 4.64. The Morgan fingerprint density at radius 2 is 2.25 bits per heavy atom. The second-order valence-corrected chi connectivity index (χ2v) is 7.78. The molecular formula is C17H27BrO2. The van der Waals surface area contributed by atoms with Gasteiger partial charge in [-0.15, -0.1) is 0 Å². The van der Waals surface area contributed by atoms with Gasteiger partial charge in [0.15, 0.2) is 0 Å². The number of carbonyl (C=O) groups excluding carboxylic acids is 1. The van der Waals surface area contributed by atoms with Crippen LogP contribution >= 0.6 is 15.9 Å². The summed E-state index contributed by atoms with van der Waals surface area (Å²) in [7, 11) is 0. The van der Waals surface area contributed by atoms with Crippen molar-refractivity contribution in [3.05, 3.63) is 24.3 Å². The van der Waals surface area contributed by atoms with Gasteiger partial charge in [-0.2, -0.15) is 0 Å². The average molecular weight is 343 g/mol. The topological polar surface area (TPSA) is 26.3 Å². The van der Waals surface area contributed by atoms with Crippen molar-refractivity contribution in [2.24, 2.45) is 11.3 Å². The highest BCUT2D eigenvalue weighted by molar-refractivity contribution is 9.09. The lowest BCUT2D eigenvalue weighted by atomic mass is 9.66. The molecule has 0 aromatic carbocycles. The summed E-state index contributed by atoms with van der Waals surface area (Å²) in [5.74, 6) is 0.247. The quantitative estimate of drug-likeness (QED) is 0.398. The predicted octanol–water partition coefficient (Wildman–Crippen LogP) is 5.03. The van der Waals surface area contributed by atoms with Crippen molar-refractivity contribution in [3.63, 3.8) is 0 Å². The maximum absolute atomic E-state index is 11.2. The molecule has 0 bridgehead atoms. The summed E-state index contributed by atoms with van der Waals surface area (Å²) in [5, 5.41) is 0. The summed E-state index contributed by atoms with van der Waals surface area (Å²) in [4.78, 5) is 11.7. The highest BCUT2D eigenvalue weighted by atomic mass is 79.9. The second kappa shape index (κ2) is 6.46. The van der Waals surface area contributed by atoms with Crippen LogP contribution in [0.15, 0.2) is 24.3 Å². The molecule has 0 spiro atoms. The lowest BCUT2D eigenvalue weighted by Gasteiger charge is -2.43. The van der Waals surface area contributed by atoms with Crippen molar-refractivity contribution in [2.45, 2.75) is 64.3 Å². The molecule has 2 nitrogen and oxygen atoms in total. The van der Waals surface area contributed by atoms with Gasteiger partial charge in [-0.1, -0.05) is 48.0 Å². The lowest BCUT2D eigenvalue weighted by Crippen LogP contribution is -2.38. The number of hydrogen-bond donors (Lipinski definition) is 0. The van der Waals surface area contributed by atoms with E-state index in [-0.39, 0.29) is 11.4 Å². The third-order valence-corrected chi connectivity index (χ3v) is 6.19. The third kappa shape index (κ3) is 3.97. The van der Waals surface area contributed by atoms with Crippen molar-refractivity contribution >= 4 is 21.9 Å². The van der Waals surface area contributed by atoms with Crippen molar-refractivity contribution < 1.29 is 9.53 Å². The summed E-state index contributed by atoms with van der Waals surface area (Å²) < 4.78 is 5.42. The van der Waals surface area contributed by atoms with Crippen LogP contribution in [0.3, 0.4) is 0 Å². The second-order valence-electron chi connectivity index (χ2n) is 6.67. The Bertz CT molecular complexity index is 411. The Hall–Kier alpha value is -0.570. The van der Waals surface area contributed by atoms with Crippen molar-refractivity contribution in [2.75, 3.05) is 0 Å². The molecule has 0 amide bonds. The fourth-order valence-corrected chi connectivity index (χ4v) is 3.60. The highest BCUT2D eigenvalue weighted by Crippen LogP contribution is 2.47. The number of carbonyl (C=O) groups is 1. The van der Waals surface area contributed by atoms with Crippen LogP contribution in [-0.2, 0) is 9.53 Å². The molecule has 0 fully saturated rings. The first-order valence-electron chi connectivity index (χ1n) is 7.26. The van der Waals surface area contributed by atoms with Gasteiger partial charge >= 0.3 is 5.97 Å². The molecule has 0 radical (unpaired) electrons. The average Bonchev–Trinajstić information content (AvgIpc) is 2.33. The van der Waals surface area contributed by atoms with Crippen LogP contribution in [0.4, 0.5) is 0 Å². The van der Waals surface area contributed by atoms with Gasteiger partial charge in [0.25, 0.3) is 0 Å². The SMILES string of the molecule is C=C[C@@](C)(CC[C@H]1C(C)=CC[C@@H](Br)C1(C)C)OC(C)=O. The molecule has 3 atom stereocenters. The summed E-state index contributed by atoms with van der Waals surface area (Å²) in [6, 6.07) is 0. The van der Waals surface area contributed by atoms with E-state index in [4.69, 9.17) is 4.74 Å². The number of hydrogen-bond acceptors (Lipinski definition) is 2. The van der Waals surface area contributed by atoms with E-state index >= 15 is 0 Å². The van der Waals surface area contributed by atoms with Crippen LogP contribution in [0.25, 0.3) is 0 Å². The first-order valence-corrected chi connectivity index (χ1v) is 8.18. The Balaban J connectivity index is 2.81. The van der Waals surface area contributed by atoms with E-state index in [9.17, 15) is 4.79 Å². The fourth-order valence-electron chi connectivity index (χ4n) is 3.09. The zero-order valence-corrected chi connectivity index (χ0v) is 14.9. The van der Waals surface area contributed by atoms with E-state index in [2.05, 4.69) is 49.4 Å². The molecule has 0 unspecified atom stereocenters. The number of rotatable bonds is 5. The van der Waals surface area contributed by atoms with E-state index in [0.717, 1.165) is 19.3 Å². The van der Waals surface area contributed by atoms with Crippen LogP contribution in [0.2, 0.25) is 0 Å². The number of ether oxygens (including phenoxy) is 1. The first-order chi connectivity index (χ1) is 9.12. The van der Waals surface area contributed by atoms with E-state index in [1.165, 1.54) is 12.5 Å². The first kappa shape index (κ1) is 17.5. The minimum absolute atomic E-state index is 0.205. The van der Waals surface area contributed by atoms with Gasteiger partial charge in [-0.25, -0.2) is 0 Å². The van der Waals surface area contributed by atoms with Gasteiger partial charge in [0.2, 0.25) is 0 Å². The standard InChI is InChI=1S/C17H27BrO2/c1-7-17(6,20-13(3)19)11-10-14-12(2)8-9-15(18)16(14,4)5/h7-8,14-15H,1,9-11H2,2-6H3/t14-,15+,17-/m0/s1. The van der Waals surface area contributed by atoms with E-state index < -0.39 is 5.60 Å². The van der Waals surface area contributed by atoms with E-state index in [1.807, 2.05) is 6.92 Å². The smallest absolute Gasteiger partial charge is 0.303 e. The molecular weight excluding hydrogens is 316 g/mol. The van der Waals surface area contributed by atoms with Gasteiger partial charge in [0.05, 0.1) is 0 Å². The molecule has 0 N–H and O–H groups in total. The van der Waals surface area contributed by atoms with Gasteiger partial charge in [0.1, 0.15) is 5.60 Å². The minimum atomic E-state index is -0.568. The van der Waals surface area contributed by atoms with Gasteiger partial charge < -0.3 is 4.74 Å². The monoisotopic (exact) mass is 342 g/mol. The molecule has 114 valence electrons. The molecule has 0 aliphatic heterocycles. The molecule has 0 aromatic rings. The summed E-state index contributed by atoms with van der Waals surface area (Å²) in [6.07, 6.45) is 6.95. The lowest BCUT2D eigenvalue weighted by molar-refractivity contribution is -0.151. The Kier molecular flexibility index (Phi) is 5.65. The molecule has 0 aromatic heterocycles. The molecule has 1 rings (SSSR count). The zero-order chi connectivity index (χ0) is 15.6. The van der Waals surface area contributed by atoms with Gasteiger partial charge in [-0.3, -0.25) is 4.79 Å². The van der Waals surface area contributed by atoms with Crippen LogP contribution in [0, 0.1) is 11.3 Å². The van der Waals surface area contributed by atoms with Gasteiger partial charge in [-0.05, 0) is 50.5 Å². The highest BCUT2D eigenvalue weighted by Gasteiger charge is 2.40. The fraction of sp³-hybridized carbons (Fsp3) is 0.706. The van der Waals surface area contributed by atoms with E-state index in [0.29, 0.717) is 10.7 Å². The van der Waals surface area contributed by atoms with E-state index in [1.54, 1.807) is 6.08 Å². The molecule has 0 saturated heterocycles. The molecule has 20 heavy (non-hydrogen) atoms. The van der Waals surface area contributed by atoms with Crippen LogP contribution in [0.1, 0.15) is 53.9 Å².